The second-order valence-corrected chi connectivity index (χ2v) is 7.03. The lowest BCUT2D eigenvalue weighted by molar-refractivity contribution is -0.120. The fourth-order valence-corrected chi connectivity index (χ4v) is 3.86. The highest BCUT2D eigenvalue weighted by Crippen LogP contribution is 2.34. The van der Waals surface area contributed by atoms with Crippen LogP contribution in [0.2, 0.25) is 5.02 Å². The van der Waals surface area contributed by atoms with Gasteiger partial charge in [-0.15, -0.1) is 0 Å². The molecule has 118 valence electrons. The Hall–Kier alpha value is -2.10. The average Bonchev–Trinajstić information content (AvgIpc) is 3.14. The van der Waals surface area contributed by atoms with Crippen molar-refractivity contribution in [3.05, 3.63) is 35.5 Å². The molecule has 23 heavy (non-hydrogen) atoms. The molecule has 1 amide bonds. The molecule has 0 bridgehead atoms. The van der Waals surface area contributed by atoms with Gasteiger partial charge < -0.3 is 10.2 Å². The molecule has 1 fully saturated rings. The molecule has 2 atom stereocenters. The number of nitrogens with zero attached hydrogens (tertiary/aromatic N) is 3. The van der Waals surface area contributed by atoms with Gasteiger partial charge in [-0.2, -0.15) is 5.26 Å². The number of benzene rings is 1. The summed E-state index contributed by atoms with van der Waals surface area (Å²) in [7, 11) is 0. The number of hydrogen-bond acceptors (Lipinski definition) is 5. The van der Waals surface area contributed by atoms with E-state index in [1.54, 1.807) is 11.1 Å². The molecule has 0 saturated carbocycles. The number of hydrogen-bond donors (Lipinski definition) is 1. The van der Waals surface area contributed by atoms with Crippen LogP contribution in [0, 0.1) is 23.3 Å². The maximum absolute atomic E-state index is 12.4. The summed E-state index contributed by atoms with van der Waals surface area (Å²) in [6.45, 7) is 3.07. The zero-order valence-electron chi connectivity index (χ0n) is 12.5. The van der Waals surface area contributed by atoms with E-state index in [4.69, 9.17) is 16.9 Å². The Kier molecular flexibility index (Phi) is 4.51. The van der Waals surface area contributed by atoms with Crippen molar-refractivity contribution in [2.24, 2.45) is 11.8 Å². The maximum Gasteiger partial charge on any atom is 0.231 e. The summed E-state index contributed by atoms with van der Waals surface area (Å²) >= 11 is 7.57. The summed E-state index contributed by atoms with van der Waals surface area (Å²) < 4.78 is 0. The number of nitriles is 1. The van der Waals surface area contributed by atoms with E-state index in [1.165, 1.54) is 11.3 Å². The summed E-state index contributed by atoms with van der Waals surface area (Å²) in [6, 6.07) is 7.53. The van der Waals surface area contributed by atoms with Crippen LogP contribution >= 0.6 is 22.9 Å². The largest absolute Gasteiger partial charge is 0.310 e. The second kappa shape index (κ2) is 6.57. The van der Waals surface area contributed by atoms with E-state index in [9.17, 15) is 4.79 Å². The normalized spacial score (nSPS) is 20.3. The fourth-order valence-electron chi connectivity index (χ4n) is 2.71. The quantitative estimate of drug-likeness (QED) is 0.864. The molecule has 1 aliphatic rings. The molecule has 0 aliphatic carbocycles. The summed E-state index contributed by atoms with van der Waals surface area (Å²) in [4.78, 5) is 19.2. The molecule has 2 aromatic rings. The SMILES string of the molecule is CC1CN(C#N)C[C@H]1C(=O)Nc1ncc(-c2ccccc2Cl)s1. The zero-order valence-corrected chi connectivity index (χ0v) is 14.1. The lowest BCUT2D eigenvalue weighted by Gasteiger charge is -2.11. The number of halogens is 1. The molecule has 1 aliphatic heterocycles. The van der Waals surface area contributed by atoms with Crippen LogP contribution in [0.5, 0.6) is 0 Å². The van der Waals surface area contributed by atoms with Crippen LogP contribution in [-0.4, -0.2) is 28.9 Å². The van der Waals surface area contributed by atoms with Crippen molar-refractivity contribution in [2.75, 3.05) is 18.4 Å². The number of rotatable bonds is 3. The van der Waals surface area contributed by atoms with Gasteiger partial charge in [-0.1, -0.05) is 48.1 Å². The highest BCUT2D eigenvalue weighted by atomic mass is 35.5. The Bertz CT molecular complexity index is 769. The smallest absolute Gasteiger partial charge is 0.231 e. The Morgan fingerprint density at radius 1 is 1.48 bits per heavy atom. The van der Waals surface area contributed by atoms with Gasteiger partial charge in [0.1, 0.15) is 0 Å². The molecule has 5 nitrogen and oxygen atoms in total. The molecular weight excluding hydrogens is 332 g/mol. The number of carbonyl (C=O) groups excluding carboxylic acids is 1. The van der Waals surface area contributed by atoms with Gasteiger partial charge in [0.05, 0.1) is 10.8 Å². The standard InChI is InChI=1S/C16H15ClN4OS/c1-10-7-21(9-18)8-12(10)15(22)20-16-19-6-14(23-16)11-4-2-3-5-13(11)17/h2-6,10,12H,7-8H2,1H3,(H,19,20,22)/t10?,12-/m1/s1. The molecule has 1 unspecified atom stereocenters. The molecule has 0 radical (unpaired) electrons. The highest BCUT2D eigenvalue weighted by Gasteiger charge is 2.34. The summed E-state index contributed by atoms with van der Waals surface area (Å²) in [5, 5.41) is 13.0. The van der Waals surface area contributed by atoms with Crippen molar-refractivity contribution in [1.29, 1.82) is 5.26 Å². The van der Waals surface area contributed by atoms with Crippen LogP contribution in [0.25, 0.3) is 10.4 Å². The first-order valence-electron chi connectivity index (χ1n) is 7.24. The number of carbonyl (C=O) groups is 1. The van der Waals surface area contributed by atoms with Crippen LogP contribution in [0.3, 0.4) is 0 Å². The number of nitrogens with one attached hydrogen (secondary N) is 1. The van der Waals surface area contributed by atoms with Gasteiger partial charge >= 0.3 is 0 Å². The monoisotopic (exact) mass is 346 g/mol. The average molecular weight is 347 g/mol. The van der Waals surface area contributed by atoms with Crippen molar-refractivity contribution in [1.82, 2.24) is 9.88 Å². The molecule has 2 heterocycles. The minimum absolute atomic E-state index is 0.0877. The van der Waals surface area contributed by atoms with Gasteiger partial charge in [0, 0.05) is 29.9 Å². The van der Waals surface area contributed by atoms with E-state index in [0.29, 0.717) is 23.2 Å². The van der Waals surface area contributed by atoms with E-state index < -0.39 is 0 Å². The minimum atomic E-state index is -0.192. The topological polar surface area (TPSA) is 69.0 Å². The summed E-state index contributed by atoms with van der Waals surface area (Å²) in [5.74, 6) is -0.129. The minimum Gasteiger partial charge on any atom is -0.310 e. The van der Waals surface area contributed by atoms with Crippen molar-refractivity contribution in [2.45, 2.75) is 6.92 Å². The van der Waals surface area contributed by atoms with Crippen LogP contribution in [-0.2, 0) is 4.79 Å². The van der Waals surface area contributed by atoms with Crippen molar-refractivity contribution in [3.8, 4) is 16.6 Å². The Balaban J connectivity index is 1.71. The summed E-state index contributed by atoms with van der Waals surface area (Å²) in [6.07, 6.45) is 3.81. The third kappa shape index (κ3) is 3.31. The highest BCUT2D eigenvalue weighted by molar-refractivity contribution is 7.19. The Morgan fingerprint density at radius 3 is 2.96 bits per heavy atom. The van der Waals surface area contributed by atoms with Gasteiger partial charge in [0.15, 0.2) is 11.3 Å². The fraction of sp³-hybridized carbons (Fsp3) is 0.312. The molecule has 7 heteroatoms. The molecular formula is C16H15ClN4OS. The van der Waals surface area contributed by atoms with Crippen LogP contribution in [0.15, 0.2) is 30.5 Å². The molecule has 3 rings (SSSR count). The van der Waals surface area contributed by atoms with Crippen molar-refractivity contribution >= 4 is 34.0 Å². The van der Waals surface area contributed by atoms with Crippen molar-refractivity contribution < 1.29 is 4.79 Å². The van der Waals surface area contributed by atoms with Crippen LogP contribution in [0.4, 0.5) is 5.13 Å². The van der Waals surface area contributed by atoms with E-state index in [-0.39, 0.29) is 17.7 Å². The van der Waals surface area contributed by atoms with Crippen LogP contribution < -0.4 is 5.32 Å². The first-order chi connectivity index (χ1) is 11.1. The number of amides is 1. The van der Waals surface area contributed by atoms with Gasteiger partial charge in [-0.25, -0.2) is 4.98 Å². The van der Waals surface area contributed by atoms with Crippen molar-refractivity contribution in [3.63, 3.8) is 0 Å². The Morgan fingerprint density at radius 2 is 2.26 bits per heavy atom. The summed E-state index contributed by atoms with van der Waals surface area (Å²) in [5.41, 5.74) is 0.900. The van der Waals surface area contributed by atoms with E-state index in [2.05, 4.69) is 16.5 Å². The predicted molar refractivity (Wildman–Crippen MR) is 91.0 cm³/mol. The predicted octanol–water partition coefficient (Wildman–Crippen LogP) is 3.45. The molecule has 1 saturated heterocycles. The number of aromatic nitrogens is 1. The lowest BCUT2D eigenvalue weighted by atomic mass is 9.97. The molecule has 1 aromatic heterocycles. The van der Waals surface area contributed by atoms with Gasteiger partial charge in [-0.05, 0) is 12.0 Å². The van der Waals surface area contributed by atoms with E-state index >= 15 is 0 Å². The number of anilines is 1. The molecule has 0 spiro atoms. The number of thiazole rings is 1. The van der Waals surface area contributed by atoms with E-state index in [1.807, 2.05) is 31.2 Å². The third-order valence-corrected chi connectivity index (χ3v) is 5.24. The Labute approximate surface area is 143 Å². The molecule has 1 N–H and O–H groups in total. The van der Waals surface area contributed by atoms with Gasteiger partial charge in [0.2, 0.25) is 5.91 Å². The van der Waals surface area contributed by atoms with Gasteiger partial charge in [-0.3, -0.25) is 4.79 Å². The van der Waals surface area contributed by atoms with Gasteiger partial charge in [0.25, 0.3) is 0 Å². The zero-order chi connectivity index (χ0) is 16.4. The first-order valence-corrected chi connectivity index (χ1v) is 8.44. The molecule has 1 aromatic carbocycles. The number of likely N-dealkylation sites (tertiary alicyclic amines) is 1. The lowest BCUT2D eigenvalue weighted by Crippen LogP contribution is -2.27. The van der Waals surface area contributed by atoms with E-state index in [0.717, 1.165) is 10.4 Å². The third-order valence-electron chi connectivity index (χ3n) is 3.97. The van der Waals surface area contributed by atoms with Crippen LogP contribution in [0.1, 0.15) is 6.92 Å². The maximum atomic E-state index is 12.4. The first kappa shape index (κ1) is 15.8. The second-order valence-electron chi connectivity index (χ2n) is 5.59.